The summed E-state index contributed by atoms with van der Waals surface area (Å²) in [6, 6.07) is 0. The van der Waals surface area contributed by atoms with E-state index in [4.69, 9.17) is 5.73 Å². The summed E-state index contributed by atoms with van der Waals surface area (Å²) in [6.45, 7) is 3.22. The minimum Gasteiger partial charge on any atom is -0.369 e. The van der Waals surface area contributed by atoms with Crippen molar-refractivity contribution < 1.29 is 9.18 Å². The summed E-state index contributed by atoms with van der Waals surface area (Å²) in [5.41, 5.74) is 5.00. The lowest BCUT2D eigenvalue weighted by Gasteiger charge is -2.31. The molecular formula is C8H15FN2O. The highest BCUT2D eigenvalue weighted by atomic mass is 19.1. The van der Waals surface area contributed by atoms with E-state index in [1.807, 2.05) is 6.92 Å². The van der Waals surface area contributed by atoms with E-state index in [9.17, 15) is 9.18 Å². The molecule has 1 aliphatic heterocycles. The number of amides is 1. The number of rotatable bonds is 2. The standard InChI is InChI=1S/C8H15FN2O/c1-6-2-3-11(4-7(6)9)5-8(10)12/h6-7H,2-5H2,1H3,(H2,10,12). The Morgan fingerprint density at radius 3 is 2.92 bits per heavy atom. The number of likely N-dealkylation sites (tertiary alicyclic amines) is 1. The van der Waals surface area contributed by atoms with Crippen molar-refractivity contribution >= 4 is 5.91 Å². The number of hydrogen-bond donors (Lipinski definition) is 1. The fourth-order valence-corrected chi connectivity index (χ4v) is 1.45. The molecule has 70 valence electrons. The van der Waals surface area contributed by atoms with Gasteiger partial charge in [0.2, 0.25) is 5.91 Å². The predicted molar refractivity (Wildman–Crippen MR) is 44.3 cm³/mol. The van der Waals surface area contributed by atoms with Gasteiger partial charge in [-0.3, -0.25) is 9.69 Å². The number of halogens is 1. The number of carbonyl (C=O) groups excluding carboxylic acids is 1. The van der Waals surface area contributed by atoms with E-state index in [-0.39, 0.29) is 18.4 Å². The average molecular weight is 174 g/mol. The molecule has 0 radical (unpaired) electrons. The summed E-state index contributed by atoms with van der Waals surface area (Å²) in [7, 11) is 0. The first-order chi connectivity index (χ1) is 5.59. The molecule has 0 aromatic rings. The maximum absolute atomic E-state index is 13.1. The van der Waals surface area contributed by atoms with Gasteiger partial charge in [-0.2, -0.15) is 0 Å². The molecule has 0 aromatic carbocycles. The molecule has 4 heteroatoms. The largest absolute Gasteiger partial charge is 0.369 e. The third-order valence-corrected chi connectivity index (χ3v) is 2.33. The van der Waals surface area contributed by atoms with Gasteiger partial charge in [0.25, 0.3) is 0 Å². The highest BCUT2D eigenvalue weighted by Crippen LogP contribution is 2.19. The van der Waals surface area contributed by atoms with Crippen LogP contribution < -0.4 is 5.73 Å². The zero-order valence-corrected chi connectivity index (χ0v) is 7.29. The van der Waals surface area contributed by atoms with E-state index >= 15 is 0 Å². The Bertz CT molecular complexity index is 174. The van der Waals surface area contributed by atoms with Crippen LogP contribution in [0.2, 0.25) is 0 Å². The highest BCUT2D eigenvalue weighted by molar-refractivity contribution is 5.75. The van der Waals surface area contributed by atoms with Gasteiger partial charge in [-0.1, -0.05) is 6.92 Å². The Morgan fingerprint density at radius 2 is 2.42 bits per heavy atom. The van der Waals surface area contributed by atoms with Crippen LogP contribution in [0.25, 0.3) is 0 Å². The van der Waals surface area contributed by atoms with Crippen molar-refractivity contribution in [3.63, 3.8) is 0 Å². The molecule has 3 nitrogen and oxygen atoms in total. The van der Waals surface area contributed by atoms with E-state index in [1.54, 1.807) is 4.90 Å². The topological polar surface area (TPSA) is 46.3 Å². The SMILES string of the molecule is CC1CCN(CC(N)=O)CC1F. The molecule has 0 bridgehead atoms. The fraction of sp³-hybridized carbons (Fsp3) is 0.875. The summed E-state index contributed by atoms with van der Waals surface area (Å²) in [4.78, 5) is 12.3. The van der Waals surface area contributed by atoms with Crippen LogP contribution in [0.5, 0.6) is 0 Å². The molecule has 1 aliphatic rings. The number of piperidine rings is 1. The van der Waals surface area contributed by atoms with Crippen LogP contribution in [0.3, 0.4) is 0 Å². The average Bonchev–Trinajstić information content (AvgIpc) is 1.96. The molecule has 1 rings (SSSR count). The highest BCUT2D eigenvalue weighted by Gasteiger charge is 2.26. The number of primary amides is 1. The zero-order valence-electron chi connectivity index (χ0n) is 7.29. The normalized spacial score (nSPS) is 31.8. The Morgan fingerprint density at radius 1 is 1.75 bits per heavy atom. The summed E-state index contributed by atoms with van der Waals surface area (Å²) < 4.78 is 13.1. The Hall–Kier alpha value is -0.640. The van der Waals surface area contributed by atoms with Crippen molar-refractivity contribution in [2.45, 2.75) is 19.5 Å². The van der Waals surface area contributed by atoms with Gasteiger partial charge < -0.3 is 5.73 Å². The smallest absolute Gasteiger partial charge is 0.231 e. The Kier molecular flexibility index (Phi) is 3.03. The lowest BCUT2D eigenvalue weighted by Crippen LogP contribution is -2.44. The molecule has 1 fully saturated rings. The van der Waals surface area contributed by atoms with E-state index in [0.29, 0.717) is 6.54 Å². The lowest BCUT2D eigenvalue weighted by atomic mass is 9.97. The molecule has 12 heavy (non-hydrogen) atoms. The lowest BCUT2D eigenvalue weighted by molar-refractivity contribution is -0.119. The van der Waals surface area contributed by atoms with Crippen molar-refractivity contribution in [1.82, 2.24) is 4.90 Å². The molecule has 2 atom stereocenters. The second-order valence-corrected chi connectivity index (χ2v) is 3.48. The van der Waals surface area contributed by atoms with Gasteiger partial charge in [0.1, 0.15) is 6.17 Å². The van der Waals surface area contributed by atoms with Crippen molar-refractivity contribution in [2.24, 2.45) is 11.7 Å². The van der Waals surface area contributed by atoms with Gasteiger partial charge in [0.15, 0.2) is 0 Å². The van der Waals surface area contributed by atoms with Crippen LogP contribution >= 0.6 is 0 Å². The van der Waals surface area contributed by atoms with Crippen molar-refractivity contribution in [3.05, 3.63) is 0 Å². The monoisotopic (exact) mass is 174 g/mol. The first-order valence-electron chi connectivity index (χ1n) is 4.24. The molecule has 0 saturated carbocycles. The van der Waals surface area contributed by atoms with Gasteiger partial charge in [-0.05, 0) is 18.9 Å². The maximum atomic E-state index is 13.1. The van der Waals surface area contributed by atoms with E-state index in [0.717, 1.165) is 13.0 Å². The second kappa shape index (κ2) is 3.85. The molecule has 2 N–H and O–H groups in total. The molecule has 0 aliphatic carbocycles. The van der Waals surface area contributed by atoms with Gasteiger partial charge in [-0.15, -0.1) is 0 Å². The Balaban J connectivity index is 2.35. The third-order valence-electron chi connectivity index (χ3n) is 2.33. The van der Waals surface area contributed by atoms with Crippen LogP contribution in [0.15, 0.2) is 0 Å². The van der Waals surface area contributed by atoms with E-state index in [2.05, 4.69) is 0 Å². The van der Waals surface area contributed by atoms with E-state index in [1.165, 1.54) is 0 Å². The molecule has 1 saturated heterocycles. The van der Waals surface area contributed by atoms with Gasteiger partial charge in [0, 0.05) is 6.54 Å². The molecule has 1 heterocycles. The van der Waals surface area contributed by atoms with Gasteiger partial charge >= 0.3 is 0 Å². The predicted octanol–water partition coefficient (Wildman–Crippen LogP) is 0.152. The number of hydrogen-bond acceptors (Lipinski definition) is 2. The van der Waals surface area contributed by atoms with E-state index < -0.39 is 6.17 Å². The molecular weight excluding hydrogens is 159 g/mol. The molecule has 0 aromatic heterocycles. The van der Waals surface area contributed by atoms with Crippen LogP contribution in [-0.2, 0) is 4.79 Å². The molecule has 0 spiro atoms. The third kappa shape index (κ3) is 2.44. The van der Waals surface area contributed by atoms with Crippen LogP contribution in [0, 0.1) is 5.92 Å². The van der Waals surface area contributed by atoms with Crippen molar-refractivity contribution in [2.75, 3.05) is 19.6 Å². The van der Waals surface area contributed by atoms with Crippen LogP contribution in [-0.4, -0.2) is 36.6 Å². The minimum absolute atomic E-state index is 0.120. The summed E-state index contributed by atoms with van der Waals surface area (Å²) in [5.74, 6) is -0.258. The number of nitrogens with zero attached hydrogens (tertiary/aromatic N) is 1. The number of carbonyl (C=O) groups is 1. The Labute approximate surface area is 71.7 Å². The minimum atomic E-state index is -0.807. The van der Waals surface area contributed by atoms with Crippen molar-refractivity contribution in [1.29, 1.82) is 0 Å². The number of alkyl halides is 1. The molecule has 2 unspecified atom stereocenters. The van der Waals surface area contributed by atoms with Crippen LogP contribution in [0.4, 0.5) is 4.39 Å². The first-order valence-corrected chi connectivity index (χ1v) is 4.24. The summed E-state index contributed by atoms with van der Waals surface area (Å²) in [6.07, 6.45) is 0.00662. The van der Waals surface area contributed by atoms with Crippen molar-refractivity contribution in [3.8, 4) is 0 Å². The quantitative estimate of drug-likeness (QED) is 0.647. The second-order valence-electron chi connectivity index (χ2n) is 3.48. The van der Waals surface area contributed by atoms with Gasteiger partial charge in [-0.25, -0.2) is 4.39 Å². The molecule has 1 amide bonds. The summed E-state index contributed by atoms with van der Waals surface area (Å²) in [5, 5.41) is 0. The maximum Gasteiger partial charge on any atom is 0.231 e. The zero-order chi connectivity index (χ0) is 9.14. The first kappa shape index (κ1) is 9.45. The van der Waals surface area contributed by atoms with Crippen LogP contribution in [0.1, 0.15) is 13.3 Å². The fourth-order valence-electron chi connectivity index (χ4n) is 1.45. The summed E-state index contributed by atoms with van der Waals surface area (Å²) >= 11 is 0. The number of nitrogens with two attached hydrogens (primary N) is 1. The van der Waals surface area contributed by atoms with Gasteiger partial charge in [0.05, 0.1) is 6.54 Å².